The van der Waals surface area contributed by atoms with Crippen molar-refractivity contribution in [3.05, 3.63) is 23.9 Å². The summed E-state index contributed by atoms with van der Waals surface area (Å²) in [6.07, 6.45) is 1.66. The highest BCUT2D eigenvalue weighted by molar-refractivity contribution is 7.99. The van der Waals surface area contributed by atoms with Crippen LogP contribution in [0.25, 0.3) is 0 Å². The van der Waals surface area contributed by atoms with Crippen LogP contribution in [-0.4, -0.2) is 46.4 Å². The van der Waals surface area contributed by atoms with Gasteiger partial charge in [0.15, 0.2) is 0 Å². The monoisotopic (exact) mass is 265 g/mol. The number of nitrogens with zero attached hydrogens (tertiary/aromatic N) is 2. The zero-order valence-electron chi connectivity index (χ0n) is 10.8. The Morgan fingerprint density at radius 3 is 3.06 bits per heavy atom. The number of amides is 1. The topological polar surface area (TPSA) is 45.2 Å². The third-order valence-corrected chi connectivity index (χ3v) is 4.03. The summed E-state index contributed by atoms with van der Waals surface area (Å²) in [6, 6.07) is 3.71. The number of hydrogen-bond donors (Lipinski definition) is 1. The molecule has 2 rings (SSSR count). The number of pyridine rings is 1. The van der Waals surface area contributed by atoms with E-state index in [4.69, 9.17) is 0 Å². The van der Waals surface area contributed by atoms with Gasteiger partial charge in [-0.2, -0.15) is 11.8 Å². The van der Waals surface area contributed by atoms with Crippen LogP contribution in [0.1, 0.15) is 24.2 Å². The van der Waals surface area contributed by atoms with E-state index >= 15 is 0 Å². The maximum atomic E-state index is 12.3. The van der Waals surface area contributed by atoms with Crippen LogP contribution in [0.15, 0.2) is 18.3 Å². The van der Waals surface area contributed by atoms with Gasteiger partial charge in [0.2, 0.25) is 0 Å². The predicted octanol–water partition coefficient (Wildman–Crippen LogP) is 2.09. The molecule has 0 saturated carbocycles. The van der Waals surface area contributed by atoms with Gasteiger partial charge in [-0.25, -0.2) is 4.98 Å². The zero-order valence-corrected chi connectivity index (χ0v) is 11.7. The SMILES string of the molecule is CCNc1ccc(C(=O)N2CCSC(C)C2)cn1. The maximum absolute atomic E-state index is 12.3. The lowest BCUT2D eigenvalue weighted by Crippen LogP contribution is -2.41. The first-order chi connectivity index (χ1) is 8.70. The van der Waals surface area contributed by atoms with Crippen molar-refractivity contribution in [2.24, 2.45) is 0 Å². The molecule has 1 aliphatic rings. The third kappa shape index (κ3) is 3.16. The van der Waals surface area contributed by atoms with Crippen molar-refractivity contribution in [3.8, 4) is 0 Å². The molecule has 1 aliphatic heterocycles. The smallest absolute Gasteiger partial charge is 0.255 e. The quantitative estimate of drug-likeness (QED) is 0.909. The van der Waals surface area contributed by atoms with Crippen molar-refractivity contribution in [2.45, 2.75) is 19.1 Å². The van der Waals surface area contributed by atoms with E-state index in [1.165, 1.54) is 0 Å². The molecule has 4 nitrogen and oxygen atoms in total. The van der Waals surface area contributed by atoms with E-state index in [2.05, 4.69) is 17.2 Å². The van der Waals surface area contributed by atoms with Gasteiger partial charge in [-0.05, 0) is 19.1 Å². The number of carbonyl (C=O) groups excluding carboxylic acids is 1. The highest BCUT2D eigenvalue weighted by Crippen LogP contribution is 2.19. The molecule has 1 fully saturated rings. The first-order valence-corrected chi connectivity index (χ1v) is 7.36. The normalized spacial score (nSPS) is 19.7. The van der Waals surface area contributed by atoms with E-state index in [-0.39, 0.29) is 5.91 Å². The van der Waals surface area contributed by atoms with Crippen molar-refractivity contribution < 1.29 is 4.79 Å². The van der Waals surface area contributed by atoms with Gasteiger partial charge in [0.25, 0.3) is 5.91 Å². The van der Waals surface area contributed by atoms with Crippen molar-refractivity contribution in [1.29, 1.82) is 0 Å². The first-order valence-electron chi connectivity index (χ1n) is 6.31. The number of aromatic nitrogens is 1. The number of anilines is 1. The van der Waals surface area contributed by atoms with Crippen LogP contribution in [-0.2, 0) is 0 Å². The predicted molar refractivity (Wildman–Crippen MR) is 76.2 cm³/mol. The van der Waals surface area contributed by atoms with Crippen LogP contribution in [0.4, 0.5) is 5.82 Å². The number of nitrogens with one attached hydrogen (secondary N) is 1. The summed E-state index contributed by atoms with van der Waals surface area (Å²) < 4.78 is 0. The van der Waals surface area contributed by atoms with Gasteiger partial charge in [-0.15, -0.1) is 0 Å². The fourth-order valence-corrected chi connectivity index (χ4v) is 3.01. The molecule has 0 aliphatic carbocycles. The minimum atomic E-state index is 0.0951. The molecule has 1 aromatic heterocycles. The first kappa shape index (κ1) is 13.2. The Kier molecular flexibility index (Phi) is 4.47. The van der Waals surface area contributed by atoms with E-state index in [1.54, 1.807) is 6.20 Å². The van der Waals surface area contributed by atoms with E-state index < -0.39 is 0 Å². The van der Waals surface area contributed by atoms with Crippen molar-refractivity contribution in [2.75, 3.05) is 30.7 Å². The molecule has 0 bridgehead atoms. The lowest BCUT2D eigenvalue weighted by Gasteiger charge is -2.30. The Morgan fingerprint density at radius 1 is 1.61 bits per heavy atom. The summed E-state index contributed by atoms with van der Waals surface area (Å²) in [5.41, 5.74) is 0.677. The molecule has 1 atom stereocenters. The average Bonchev–Trinajstić information content (AvgIpc) is 2.39. The highest BCUT2D eigenvalue weighted by Gasteiger charge is 2.22. The van der Waals surface area contributed by atoms with Crippen LogP contribution in [0, 0.1) is 0 Å². The molecule has 2 heterocycles. The van der Waals surface area contributed by atoms with Crippen LogP contribution < -0.4 is 5.32 Å². The van der Waals surface area contributed by atoms with Crippen molar-refractivity contribution >= 4 is 23.5 Å². The lowest BCUT2D eigenvalue weighted by atomic mass is 10.2. The number of carbonyl (C=O) groups is 1. The second-order valence-electron chi connectivity index (χ2n) is 4.40. The second kappa shape index (κ2) is 6.09. The average molecular weight is 265 g/mol. The van der Waals surface area contributed by atoms with Crippen molar-refractivity contribution in [1.82, 2.24) is 9.88 Å². The Bertz CT molecular complexity index is 407. The standard InChI is InChI=1S/C13H19N3OS/c1-3-14-12-5-4-11(8-15-12)13(17)16-6-7-18-10(2)9-16/h4-5,8,10H,3,6-7,9H2,1-2H3,(H,14,15). The molecular formula is C13H19N3OS. The summed E-state index contributed by atoms with van der Waals surface area (Å²) in [5.74, 6) is 1.94. The van der Waals surface area contributed by atoms with Crippen LogP contribution in [0.2, 0.25) is 0 Å². The molecule has 0 radical (unpaired) electrons. The molecule has 1 aromatic rings. The molecule has 1 saturated heterocycles. The molecule has 18 heavy (non-hydrogen) atoms. The molecule has 1 N–H and O–H groups in total. The minimum Gasteiger partial charge on any atom is -0.370 e. The van der Waals surface area contributed by atoms with E-state index in [0.717, 1.165) is 31.2 Å². The Hall–Kier alpha value is -1.23. The van der Waals surface area contributed by atoms with Crippen molar-refractivity contribution in [3.63, 3.8) is 0 Å². The van der Waals surface area contributed by atoms with Gasteiger partial charge < -0.3 is 10.2 Å². The van der Waals surface area contributed by atoms with Gasteiger partial charge in [-0.1, -0.05) is 6.92 Å². The number of hydrogen-bond acceptors (Lipinski definition) is 4. The van der Waals surface area contributed by atoms with Crippen LogP contribution in [0.5, 0.6) is 0 Å². The summed E-state index contributed by atoms with van der Waals surface area (Å²) in [6.45, 7) is 6.69. The summed E-state index contributed by atoms with van der Waals surface area (Å²) >= 11 is 1.92. The van der Waals surface area contributed by atoms with Gasteiger partial charge in [-0.3, -0.25) is 4.79 Å². The number of rotatable bonds is 3. The highest BCUT2D eigenvalue weighted by atomic mass is 32.2. The van der Waals surface area contributed by atoms with Gasteiger partial charge in [0, 0.05) is 36.8 Å². The molecule has 0 spiro atoms. The molecule has 1 unspecified atom stereocenters. The van der Waals surface area contributed by atoms with Gasteiger partial charge in [0.1, 0.15) is 5.82 Å². The molecule has 98 valence electrons. The van der Waals surface area contributed by atoms with Crippen LogP contribution in [0.3, 0.4) is 0 Å². The van der Waals surface area contributed by atoms with Gasteiger partial charge in [0.05, 0.1) is 5.56 Å². The van der Waals surface area contributed by atoms with E-state index in [1.807, 2.05) is 35.7 Å². The molecular weight excluding hydrogens is 246 g/mol. The largest absolute Gasteiger partial charge is 0.370 e. The number of thioether (sulfide) groups is 1. The fraction of sp³-hybridized carbons (Fsp3) is 0.538. The lowest BCUT2D eigenvalue weighted by molar-refractivity contribution is 0.0763. The summed E-state index contributed by atoms with van der Waals surface area (Å²) in [4.78, 5) is 18.4. The second-order valence-corrected chi connectivity index (χ2v) is 5.94. The summed E-state index contributed by atoms with van der Waals surface area (Å²) in [7, 11) is 0. The molecule has 5 heteroatoms. The van der Waals surface area contributed by atoms with E-state index in [9.17, 15) is 4.79 Å². The summed E-state index contributed by atoms with van der Waals surface area (Å²) in [5, 5.41) is 3.65. The van der Waals surface area contributed by atoms with Gasteiger partial charge >= 0.3 is 0 Å². The Labute approximate surface area is 112 Å². The Morgan fingerprint density at radius 2 is 2.44 bits per heavy atom. The molecule has 1 amide bonds. The third-order valence-electron chi connectivity index (χ3n) is 2.90. The van der Waals surface area contributed by atoms with E-state index in [0.29, 0.717) is 10.8 Å². The maximum Gasteiger partial charge on any atom is 0.255 e. The fourth-order valence-electron chi connectivity index (χ4n) is 1.99. The minimum absolute atomic E-state index is 0.0951. The van der Waals surface area contributed by atoms with Crippen LogP contribution >= 0.6 is 11.8 Å². The molecule has 0 aromatic carbocycles. The Balaban J connectivity index is 2.03. The zero-order chi connectivity index (χ0) is 13.0.